The molecule has 4 aliphatic rings. The third-order valence-electron chi connectivity index (χ3n) is 20.3. The van der Waals surface area contributed by atoms with E-state index in [4.69, 9.17) is 0 Å². The molecule has 0 aliphatic heterocycles. The fourth-order valence-corrected chi connectivity index (χ4v) is 13.9. The number of rotatable bonds is 68. The molecule has 0 N–H and O–H groups in total. The molecule has 0 atom stereocenters. The number of hydrogen-bond donors (Lipinski definition) is 0. The summed E-state index contributed by atoms with van der Waals surface area (Å²) in [6, 6.07) is 0. The molecule has 0 saturated carbocycles. The Hall–Kier alpha value is 0.266. The predicted octanol–water partition coefficient (Wildman–Crippen LogP) is 27.3. The molecule has 0 unspecified atom stereocenters. The predicted molar refractivity (Wildman–Crippen MR) is 419 cm³/mol. The van der Waals surface area contributed by atoms with Gasteiger partial charge < -0.3 is 24.8 Å². The van der Waals surface area contributed by atoms with Crippen LogP contribution in [0.25, 0.3) is 0 Å². The van der Waals surface area contributed by atoms with Gasteiger partial charge >= 0.3 is 52.4 Å². The number of allylic oxidation sites excluding steroid dienone is 16. The van der Waals surface area contributed by atoms with Crippen molar-refractivity contribution in [3.8, 4) is 0 Å². The van der Waals surface area contributed by atoms with Crippen molar-refractivity contribution >= 4 is 0 Å². The van der Waals surface area contributed by atoms with Crippen LogP contribution in [0.1, 0.15) is 490 Å². The van der Waals surface area contributed by atoms with Gasteiger partial charge in [-0.2, -0.15) is 24.3 Å². The minimum absolute atomic E-state index is 0. The Balaban J connectivity index is -0.000000580. The van der Waals surface area contributed by atoms with Crippen LogP contribution < -0.4 is 24.8 Å². The zero-order valence-corrected chi connectivity index (χ0v) is 71.7. The van der Waals surface area contributed by atoms with Crippen molar-refractivity contribution in [1.82, 2.24) is 0 Å². The molecular weight excluding hydrogens is 1360 g/mol. The largest absolute Gasteiger partial charge is 2.00 e. The first kappa shape index (κ1) is 103. The molecule has 556 valence electrons. The Kier molecular flexibility index (Phi) is 97.7. The molecule has 96 heavy (non-hydrogen) atoms. The maximum absolute atomic E-state index is 3.41. The van der Waals surface area contributed by atoms with Gasteiger partial charge in [0.15, 0.2) is 0 Å². The van der Waals surface area contributed by atoms with E-state index in [0.29, 0.717) is 0 Å². The van der Waals surface area contributed by atoms with E-state index in [-0.39, 0.29) is 77.2 Å². The molecule has 0 nitrogen and oxygen atoms in total. The number of halogens is 2. The van der Waals surface area contributed by atoms with Gasteiger partial charge in [-0.3, -0.25) is 24.3 Å². The Morgan fingerprint density at radius 2 is 0.281 bits per heavy atom. The smallest absolute Gasteiger partial charge is 1.00 e. The van der Waals surface area contributed by atoms with Gasteiger partial charge in [-0.15, -0.1) is 25.7 Å². The third kappa shape index (κ3) is 81.6. The molecule has 0 radical (unpaired) electrons. The van der Waals surface area contributed by atoms with Gasteiger partial charge in [0.1, 0.15) is 0 Å². The Labute approximate surface area is 656 Å². The fraction of sp³-hybridized carbons (Fsp3) is 0.826. The molecule has 0 spiro atoms. The minimum Gasteiger partial charge on any atom is -1.00 e. The van der Waals surface area contributed by atoms with Crippen LogP contribution in [-0.4, -0.2) is 0 Å². The van der Waals surface area contributed by atoms with Crippen molar-refractivity contribution < 1.29 is 77.2 Å². The van der Waals surface area contributed by atoms with Crippen LogP contribution in [0.4, 0.5) is 0 Å². The van der Waals surface area contributed by atoms with E-state index >= 15 is 0 Å². The summed E-state index contributed by atoms with van der Waals surface area (Å²) in [7, 11) is 0. The van der Waals surface area contributed by atoms with Gasteiger partial charge in [0.2, 0.25) is 0 Å². The van der Waals surface area contributed by atoms with Crippen LogP contribution in [0.5, 0.6) is 0 Å². The standard InChI is InChI=1S/4C23H41.2ClH.2Zr/c4*1-2-3-4-5-6-7-8-9-10-11-12-13-14-15-16-17-20-23-21-18-19-22-23;;;;/h4*18,21H,2-17,19-20H2,1H3;2*1H;;/q4*-1;;;2*+2/p-2. The topological polar surface area (TPSA) is 0 Å². The van der Waals surface area contributed by atoms with E-state index < -0.39 is 0 Å². The van der Waals surface area contributed by atoms with Gasteiger partial charge in [-0.1, -0.05) is 464 Å². The molecular formula is C92H164Cl2Zr2-2. The van der Waals surface area contributed by atoms with Crippen LogP contribution in [0, 0.1) is 24.3 Å². The minimum atomic E-state index is 0. The fourth-order valence-electron chi connectivity index (χ4n) is 13.9. The normalized spacial score (nSPS) is 13.1. The second-order valence-corrected chi connectivity index (χ2v) is 29.4. The second-order valence-electron chi connectivity index (χ2n) is 29.4. The molecule has 0 aromatic rings. The van der Waals surface area contributed by atoms with Gasteiger partial charge in [-0.25, -0.2) is 46.6 Å². The average Bonchev–Trinajstić information content (AvgIpc) is 4.69. The third-order valence-corrected chi connectivity index (χ3v) is 20.3. The zero-order valence-electron chi connectivity index (χ0n) is 65.3. The summed E-state index contributed by atoms with van der Waals surface area (Å²) in [5, 5.41) is 0. The molecule has 4 heteroatoms. The summed E-state index contributed by atoms with van der Waals surface area (Å²) in [6.07, 6.45) is 134. The van der Waals surface area contributed by atoms with Gasteiger partial charge in [0.25, 0.3) is 0 Å². The van der Waals surface area contributed by atoms with E-state index in [9.17, 15) is 0 Å². The van der Waals surface area contributed by atoms with Crippen LogP contribution in [-0.2, 0) is 52.4 Å². The quantitative estimate of drug-likeness (QED) is 0.0421. The molecule has 0 amide bonds. The summed E-state index contributed by atoms with van der Waals surface area (Å²) in [4.78, 5) is 0. The van der Waals surface area contributed by atoms with Crippen LogP contribution in [0.15, 0.2) is 70.9 Å². The number of unbranched alkanes of at least 4 members (excludes halogenated alkanes) is 60. The zero-order chi connectivity index (χ0) is 65.7. The second kappa shape index (κ2) is 91.3. The van der Waals surface area contributed by atoms with E-state index in [1.807, 2.05) is 0 Å². The van der Waals surface area contributed by atoms with Gasteiger partial charge in [0.05, 0.1) is 0 Å². The number of hydrogen-bond acceptors (Lipinski definition) is 0. The molecule has 0 aromatic heterocycles. The van der Waals surface area contributed by atoms with E-state index in [1.165, 1.54) is 459 Å². The van der Waals surface area contributed by atoms with Gasteiger partial charge in [0, 0.05) is 0 Å². The monoisotopic (exact) mass is 1520 g/mol. The summed E-state index contributed by atoms with van der Waals surface area (Å²) in [6.45, 7) is 9.19. The molecule has 4 aliphatic carbocycles. The summed E-state index contributed by atoms with van der Waals surface area (Å²) < 4.78 is 0. The first-order valence-corrected chi connectivity index (χ1v) is 42.8. The SMILES string of the molecule is CCCCCCCCCCCCCCCCCCC1=[C-]CC=C1.CCCCCCCCCCCCCCCCCCC1=[C-]CC=C1.CCCCCCCCCCCCCCCCCCC1=[C-]CC=C1.CCCCCCCCCCCCCCCCCCC1=[C-]CC=C1.[Cl-].[Cl-].[Zr+2].[Zr+2]. The van der Waals surface area contributed by atoms with Crippen molar-refractivity contribution in [2.24, 2.45) is 0 Å². The molecule has 4 rings (SSSR count). The van der Waals surface area contributed by atoms with Gasteiger partial charge in [-0.05, 0) is 0 Å². The first-order valence-electron chi connectivity index (χ1n) is 42.8. The molecule has 0 heterocycles. The molecule has 0 aromatic carbocycles. The summed E-state index contributed by atoms with van der Waals surface area (Å²) in [5.41, 5.74) is 5.82. The molecule has 0 bridgehead atoms. The Morgan fingerprint density at radius 3 is 0.375 bits per heavy atom. The van der Waals surface area contributed by atoms with Crippen molar-refractivity contribution in [2.75, 3.05) is 0 Å². The van der Waals surface area contributed by atoms with Crippen molar-refractivity contribution in [3.63, 3.8) is 0 Å². The maximum Gasteiger partial charge on any atom is 2.00 e. The van der Waals surface area contributed by atoms with E-state index in [1.54, 1.807) is 0 Å². The van der Waals surface area contributed by atoms with Crippen LogP contribution in [0.2, 0.25) is 0 Å². The van der Waals surface area contributed by atoms with Crippen molar-refractivity contribution in [2.45, 2.75) is 490 Å². The molecule has 0 fully saturated rings. The maximum atomic E-state index is 3.41. The van der Waals surface area contributed by atoms with Crippen LogP contribution in [0.3, 0.4) is 0 Å². The van der Waals surface area contributed by atoms with Crippen LogP contribution >= 0.6 is 0 Å². The first-order chi connectivity index (χ1) is 45.7. The Bertz CT molecular complexity index is 1460. The summed E-state index contributed by atoms with van der Waals surface area (Å²) >= 11 is 0. The van der Waals surface area contributed by atoms with Crippen molar-refractivity contribution in [1.29, 1.82) is 0 Å². The molecule has 0 saturated heterocycles. The van der Waals surface area contributed by atoms with E-state index in [2.05, 4.69) is 101 Å². The Morgan fingerprint density at radius 1 is 0.177 bits per heavy atom. The summed E-state index contributed by atoms with van der Waals surface area (Å²) in [5.74, 6) is 0. The van der Waals surface area contributed by atoms with E-state index in [0.717, 1.165) is 25.7 Å². The van der Waals surface area contributed by atoms with Crippen molar-refractivity contribution in [3.05, 3.63) is 95.2 Å². The average molecular weight is 1520 g/mol.